The lowest BCUT2D eigenvalue weighted by atomic mass is 10.1. The second-order valence-electron chi connectivity index (χ2n) is 4.54. The van der Waals surface area contributed by atoms with Crippen molar-refractivity contribution in [2.24, 2.45) is 0 Å². The number of sulfonamides is 1. The third kappa shape index (κ3) is 6.07. The van der Waals surface area contributed by atoms with Crippen LogP contribution in [0, 0.1) is 0 Å². The molecular formula is C14H24N2O2S. The summed E-state index contributed by atoms with van der Waals surface area (Å²) in [7, 11) is -3.25. The molecule has 0 spiro atoms. The molecule has 4 nitrogen and oxygen atoms in total. The summed E-state index contributed by atoms with van der Waals surface area (Å²) in [4.78, 5) is 0. The molecule has 0 bridgehead atoms. The number of rotatable bonds is 9. The van der Waals surface area contributed by atoms with E-state index in [0.717, 1.165) is 31.5 Å². The zero-order valence-electron chi connectivity index (χ0n) is 11.8. The summed E-state index contributed by atoms with van der Waals surface area (Å²) in [6.45, 7) is 5.69. The summed E-state index contributed by atoms with van der Waals surface area (Å²) in [5.41, 5.74) is 1.77. The molecule has 1 aromatic carbocycles. The van der Waals surface area contributed by atoms with E-state index >= 15 is 0 Å². The first-order valence-electron chi connectivity index (χ1n) is 6.88. The lowest BCUT2D eigenvalue weighted by molar-refractivity contribution is 0.595. The van der Waals surface area contributed by atoms with Gasteiger partial charge in [0.2, 0.25) is 10.0 Å². The largest absolute Gasteiger partial charge is 0.317 e. The van der Waals surface area contributed by atoms with E-state index in [1.54, 1.807) is 0 Å². The van der Waals surface area contributed by atoms with Gasteiger partial charge in [-0.15, -0.1) is 0 Å². The van der Waals surface area contributed by atoms with E-state index in [9.17, 15) is 8.42 Å². The molecule has 0 unspecified atom stereocenters. The van der Waals surface area contributed by atoms with Gasteiger partial charge in [-0.25, -0.2) is 8.42 Å². The van der Waals surface area contributed by atoms with Crippen LogP contribution in [0.3, 0.4) is 0 Å². The highest BCUT2D eigenvalue weighted by atomic mass is 32.2. The fourth-order valence-corrected chi connectivity index (χ4v) is 3.05. The topological polar surface area (TPSA) is 58.2 Å². The molecule has 0 aliphatic carbocycles. The maximum atomic E-state index is 12.0. The minimum Gasteiger partial charge on any atom is -0.317 e. The Kier molecular flexibility index (Phi) is 6.87. The molecule has 0 saturated heterocycles. The number of benzene rings is 1. The minimum absolute atomic E-state index is 0.153. The maximum Gasteiger partial charge on any atom is 0.232 e. The average molecular weight is 284 g/mol. The number of para-hydroxylation sites is 1. The Bertz CT molecular complexity index is 472. The van der Waals surface area contributed by atoms with Crippen molar-refractivity contribution < 1.29 is 8.42 Å². The van der Waals surface area contributed by atoms with Gasteiger partial charge in [-0.05, 0) is 37.6 Å². The smallest absolute Gasteiger partial charge is 0.232 e. The lowest BCUT2D eigenvalue weighted by Crippen LogP contribution is -2.22. The van der Waals surface area contributed by atoms with Crippen molar-refractivity contribution in [1.82, 2.24) is 5.32 Å². The molecule has 0 saturated carbocycles. The highest BCUT2D eigenvalue weighted by molar-refractivity contribution is 7.92. The van der Waals surface area contributed by atoms with Gasteiger partial charge in [0, 0.05) is 0 Å². The van der Waals surface area contributed by atoms with Crippen LogP contribution in [0.25, 0.3) is 0 Å². The highest BCUT2D eigenvalue weighted by Crippen LogP contribution is 2.18. The zero-order valence-corrected chi connectivity index (χ0v) is 12.6. The number of hydrogen-bond donors (Lipinski definition) is 2. The average Bonchev–Trinajstić information content (AvgIpc) is 2.37. The van der Waals surface area contributed by atoms with Gasteiger partial charge in [-0.3, -0.25) is 4.72 Å². The van der Waals surface area contributed by atoms with Gasteiger partial charge in [0.1, 0.15) is 0 Å². The van der Waals surface area contributed by atoms with Crippen molar-refractivity contribution in [3.05, 3.63) is 29.8 Å². The van der Waals surface area contributed by atoms with Gasteiger partial charge in [0.15, 0.2) is 0 Å². The summed E-state index contributed by atoms with van der Waals surface area (Å²) >= 11 is 0. The predicted molar refractivity (Wildman–Crippen MR) is 81.0 cm³/mol. The van der Waals surface area contributed by atoms with Gasteiger partial charge in [-0.2, -0.15) is 0 Å². The number of nitrogens with one attached hydrogen (secondary N) is 2. The normalized spacial score (nSPS) is 11.5. The standard InChI is InChI=1S/C14H24N2O2S/c1-3-8-13-9-5-6-10-14(13)16-19(17,18)12-7-11-15-4-2/h5-6,9-10,15-16H,3-4,7-8,11-12H2,1-2H3. The highest BCUT2D eigenvalue weighted by Gasteiger charge is 2.11. The third-order valence-electron chi connectivity index (χ3n) is 2.82. The molecule has 0 aliphatic rings. The Morgan fingerprint density at radius 2 is 1.89 bits per heavy atom. The van der Waals surface area contributed by atoms with Gasteiger partial charge >= 0.3 is 0 Å². The van der Waals surface area contributed by atoms with Crippen LogP contribution in [-0.4, -0.2) is 27.3 Å². The number of aryl methyl sites for hydroxylation is 1. The third-order valence-corrected chi connectivity index (χ3v) is 4.18. The van der Waals surface area contributed by atoms with Crippen LogP contribution >= 0.6 is 0 Å². The first kappa shape index (κ1) is 16.0. The molecule has 2 N–H and O–H groups in total. The Hall–Kier alpha value is -1.07. The molecule has 0 aliphatic heterocycles. The molecule has 1 rings (SSSR count). The second-order valence-corrected chi connectivity index (χ2v) is 6.38. The Labute approximate surface area is 116 Å². The van der Waals surface area contributed by atoms with E-state index in [1.807, 2.05) is 31.2 Å². The summed E-state index contributed by atoms with van der Waals surface area (Å²) in [5.74, 6) is 0.153. The summed E-state index contributed by atoms with van der Waals surface area (Å²) < 4.78 is 26.7. The summed E-state index contributed by atoms with van der Waals surface area (Å²) in [6.07, 6.45) is 2.51. The fourth-order valence-electron chi connectivity index (χ4n) is 1.89. The molecule has 108 valence electrons. The molecule has 0 heterocycles. The molecule has 0 radical (unpaired) electrons. The summed E-state index contributed by atoms with van der Waals surface area (Å²) in [6, 6.07) is 7.59. The van der Waals surface area contributed by atoms with E-state index < -0.39 is 10.0 Å². The number of hydrogen-bond acceptors (Lipinski definition) is 3. The van der Waals surface area contributed by atoms with Crippen LogP contribution in [0.2, 0.25) is 0 Å². The van der Waals surface area contributed by atoms with Crippen LogP contribution in [0.4, 0.5) is 5.69 Å². The van der Waals surface area contributed by atoms with Crippen molar-refractivity contribution >= 4 is 15.7 Å². The van der Waals surface area contributed by atoms with E-state index in [4.69, 9.17) is 0 Å². The first-order valence-corrected chi connectivity index (χ1v) is 8.53. The summed E-state index contributed by atoms with van der Waals surface area (Å²) in [5, 5.41) is 3.12. The lowest BCUT2D eigenvalue weighted by Gasteiger charge is -2.12. The Morgan fingerprint density at radius 3 is 2.58 bits per heavy atom. The molecular weight excluding hydrogens is 260 g/mol. The SMILES string of the molecule is CCCc1ccccc1NS(=O)(=O)CCCNCC. The van der Waals surface area contributed by atoms with Gasteiger partial charge in [0.05, 0.1) is 11.4 Å². The van der Waals surface area contributed by atoms with Crippen LogP contribution in [-0.2, 0) is 16.4 Å². The first-order chi connectivity index (χ1) is 9.09. The van der Waals surface area contributed by atoms with Crippen LogP contribution < -0.4 is 10.0 Å². The second kappa shape index (κ2) is 8.17. The predicted octanol–water partition coefficient (Wildman–Crippen LogP) is 2.38. The molecule has 5 heteroatoms. The zero-order chi connectivity index (χ0) is 14.1. The van der Waals surface area contributed by atoms with Gasteiger partial charge < -0.3 is 5.32 Å². The molecule has 1 aromatic rings. The van der Waals surface area contributed by atoms with Crippen molar-refractivity contribution in [2.45, 2.75) is 33.1 Å². The van der Waals surface area contributed by atoms with Crippen molar-refractivity contribution in [2.75, 3.05) is 23.6 Å². The Morgan fingerprint density at radius 1 is 1.16 bits per heavy atom. The fraction of sp³-hybridized carbons (Fsp3) is 0.571. The van der Waals surface area contributed by atoms with E-state index in [-0.39, 0.29) is 5.75 Å². The van der Waals surface area contributed by atoms with Crippen molar-refractivity contribution in [3.8, 4) is 0 Å². The van der Waals surface area contributed by atoms with E-state index in [2.05, 4.69) is 17.0 Å². The number of anilines is 1. The van der Waals surface area contributed by atoms with Crippen LogP contribution in [0.15, 0.2) is 24.3 Å². The molecule has 0 atom stereocenters. The van der Waals surface area contributed by atoms with E-state index in [1.165, 1.54) is 0 Å². The van der Waals surface area contributed by atoms with Crippen LogP contribution in [0.5, 0.6) is 0 Å². The maximum absolute atomic E-state index is 12.0. The van der Waals surface area contributed by atoms with Crippen molar-refractivity contribution in [3.63, 3.8) is 0 Å². The van der Waals surface area contributed by atoms with E-state index in [0.29, 0.717) is 12.1 Å². The minimum atomic E-state index is -3.25. The quantitative estimate of drug-likeness (QED) is 0.685. The van der Waals surface area contributed by atoms with Gasteiger partial charge in [-0.1, -0.05) is 38.5 Å². The molecule has 0 aromatic heterocycles. The molecule has 0 fully saturated rings. The Balaban J connectivity index is 2.62. The van der Waals surface area contributed by atoms with Gasteiger partial charge in [0.25, 0.3) is 0 Å². The molecule has 0 amide bonds. The van der Waals surface area contributed by atoms with Crippen molar-refractivity contribution in [1.29, 1.82) is 0 Å². The molecule has 19 heavy (non-hydrogen) atoms. The van der Waals surface area contributed by atoms with Crippen LogP contribution in [0.1, 0.15) is 32.3 Å². The monoisotopic (exact) mass is 284 g/mol.